The van der Waals surface area contributed by atoms with E-state index < -0.39 is 63.8 Å². The number of halogens is 4. The zero-order valence-corrected chi connectivity index (χ0v) is 24.1. The lowest BCUT2D eigenvalue weighted by atomic mass is 9.95. The molecule has 1 aliphatic heterocycles. The van der Waals surface area contributed by atoms with Gasteiger partial charge >= 0.3 is 6.18 Å². The number of piperidine rings is 1. The molecule has 238 valence electrons. The lowest BCUT2D eigenvalue weighted by molar-refractivity contribution is -0.223. The van der Waals surface area contributed by atoms with Gasteiger partial charge in [0.2, 0.25) is 17.9 Å². The molecule has 2 atom stereocenters. The van der Waals surface area contributed by atoms with Crippen LogP contribution in [0.3, 0.4) is 0 Å². The fourth-order valence-corrected chi connectivity index (χ4v) is 5.30. The van der Waals surface area contributed by atoms with Gasteiger partial charge in [0.1, 0.15) is 18.5 Å². The first-order valence-corrected chi connectivity index (χ1v) is 14.7. The maximum Gasteiger partial charge on any atom is 0.406 e. The molecule has 12 nitrogen and oxygen atoms in total. The molecular weight excluding hydrogens is 624 g/mol. The summed E-state index contributed by atoms with van der Waals surface area (Å²) in [6.07, 6.45) is -6.10. The molecule has 2 aromatic carbocycles. The molecular formula is C26H27B2F4N5O7S. The van der Waals surface area contributed by atoms with Crippen molar-refractivity contribution in [1.82, 2.24) is 9.47 Å². The van der Waals surface area contributed by atoms with Gasteiger partial charge in [0.25, 0.3) is 5.87 Å². The SMILES string of the molecule is [B]C(O)(O)Oc1cc(S(N)(=O)=O)ccc1NCC#Cc1cc2c(NC3CCN(C([B])(O)O)CC3F)cccc2n1CC(F)(F)F. The van der Waals surface area contributed by atoms with Crippen molar-refractivity contribution in [1.29, 1.82) is 0 Å². The van der Waals surface area contributed by atoms with E-state index in [0.717, 1.165) is 21.6 Å². The van der Waals surface area contributed by atoms with Gasteiger partial charge in [0, 0.05) is 30.2 Å². The summed E-state index contributed by atoms with van der Waals surface area (Å²) >= 11 is 0. The van der Waals surface area contributed by atoms with E-state index in [1.807, 2.05) is 0 Å². The minimum atomic E-state index is -4.62. The number of alkyl halides is 4. The zero-order chi connectivity index (χ0) is 33.4. The number of hydrogen-bond acceptors (Lipinski definition) is 10. The number of fused-ring (bicyclic) bond motifs is 1. The number of sulfonamides is 1. The van der Waals surface area contributed by atoms with Crippen LogP contribution in [0.25, 0.3) is 10.9 Å². The number of nitrogens with two attached hydrogens (primary N) is 1. The predicted octanol–water partition coefficient (Wildman–Crippen LogP) is 0.0465. The van der Waals surface area contributed by atoms with E-state index in [-0.39, 0.29) is 36.4 Å². The van der Waals surface area contributed by atoms with E-state index in [1.165, 1.54) is 24.3 Å². The molecule has 3 aromatic rings. The molecule has 0 amide bonds. The summed E-state index contributed by atoms with van der Waals surface area (Å²) in [6, 6.07) is 8.26. The van der Waals surface area contributed by atoms with Crippen LogP contribution in [0.4, 0.5) is 28.9 Å². The van der Waals surface area contributed by atoms with Crippen LogP contribution in [-0.2, 0) is 16.6 Å². The van der Waals surface area contributed by atoms with Crippen molar-refractivity contribution in [3.8, 4) is 17.6 Å². The quantitative estimate of drug-likeness (QED) is 0.0723. The molecule has 1 aromatic heterocycles. The maximum atomic E-state index is 14.9. The van der Waals surface area contributed by atoms with Gasteiger partial charge < -0.3 is 40.4 Å². The lowest BCUT2D eigenvalue weighted by Crippen LogP contribution is -2.58. The molecule has 45 heavy (non-hydrogen) atoms. The standard InChI is InChI=1S/C26H27B2F4N5O7S/c27-25(38,39)36-10-8-20(18(29)13-36)35-19-4-1-5-22-17(19)11-15(37(22)14-24(30,31)32)3-2-9-34-21-7-6-16(45(33,42)43)12-23(21)44-26(28,40)41/h1,4-7,11-12,18,20,34-35,38-41H,8-10,13-14H2,(H2,33,42,43). The number of ether oxygens (including phenoxy) is 1. The minimum Gasteiger partial charge on any atom is -0.447 e. The van der Waals surface area contributed by atoms with Crippen molar-refractivity contribution in [3.05, 3.63) is 48.2 Å². The Labute approximate surface area is 257 Å². The van der Waals surface area contributed by atoms with E-state index in [4.69, 9.17) is 25.6 Å². The molecule has 0 saturated carbocycles. The molecule has 1 saturated heterocycles. The first-order valence-electron chi connectivity index (χ1n) is 13.1. The first kappa shape index (κ1) is 34.4. The first-order chi connectivity index (χ1) is 20.7. The van der Waals surface area contributed by atoms with Crippen LogP contribution in [0.2, 0.25) is 0 Å². The Bertz CT molecular complexity index is 1720. The number of hydrogen-bond donors (Lipinski definition) is 7. The third-order valence-electron chi connectivity index (χ3n) is 6.76. The predicted molar refractivity (Wildman–Crippen MR) is 156 cm³/mol. The third kappa shape index (κ3) is 9.04. The summed E-state index contributed by atoms with van der Waals surface area (Å²) in [5.41, 5.74) is 0.454. The van der Waals surface area contributed by atoms with Gasteiger partial charge in [0.05, 0.1) is 34.4 Å². The number of nitrogens with one attached hydrogen (secondary N) is 2. The Hall–Kier alpha value is -3.50. The molecule has 2 unspecified atom stereocenters. The largest absolute Gasteiger partial charge is 0.447 e. The monoisotopic (exact) mass is 651 g/mol. The van der Waals surface area contributed by atoms with Gasteiger partial charge in [-0.05, 0) is 42.7 Å². The molecule has 1 aliphatic rings. The van der Waals surface area contributed by atoms with Crippen LogP contribution in [-0.4, -0.2) is 104 Å². The highest BCUT2D eigenvalue weighted by atomic mass is 32.2. The van der Waals surface area contributed by atoms with Crippen LogP contribution >= 0.6 is 0 Å². The van der Waals surface area contributed by atoms with Crippen molar-refractivity contribution < 1.29 is 51.1 Å². The Morgan fingerprint density at radius 1 is 1.09 bits per heavy atom. The average molecular weight is 651 g/mol. The third-order valence-corrected chi connectivity index (χ3v) is 7.67. The highest BCUT2D eigenvalue weighted by Crippen LogP contribution is 2.32. The number of aliphatic hydroxyl groups is 4. The summed E-state index contributed by atoms with van der Waals surface area (Å²) in [5.74, 6) is -1.00. The molecule has 19 heteroatoms. The highest BCUT2D eigenvalue weighted by molar-refractivity contribution is 7.89. The number of likely N-dealkylation sites (tertiary alicyclic amines) is 1. The second kappa shape index (κ2) is 12.7. The molecule has 0 spiro atoms. The molecule has 2 heterocycles. The summed E-state index contributed by atoms with van der Waals surface area (Å²) < 4.78 is 84.7. The second-order valence-corrected chi connectivity index (χ2v) is 11.8. The van der Waals surface area contributed by atoms with E-state index in [1.54, 1.807) is 6.07 Å². The molecule has 4 rings (SSSR count). The summed E-state index contributed by atoms with van der Waals surface area (Å²) in [6.45, 7) is -1.97. The Balaban J connectivity index is 1.61. The number of nitrogens with zero attached hydrogens (tertiary/aromatic N) is 2. The smallest absolute Gasteiger partial charge is 0.406 e. The topological polar surface area (TPSA) is 183 Å². The number of primary sulfonamides is 1. The van der Waals surface area contributed by atoms with Gasteiger partial charge in [-0.15, -0.1) is 0 Å². The lowest BCUT2D eigenvalue weighted by Gasteiger charge is -2.41. The minimum absolute atomic E-state index is 0.00181. The van der Waals surface area contributed by atoms with E-state index in [9.17, 15) is 46.4 Å². The fourth-order valence-electron chi connectivity index (χ4n) is 4.78. The summed E-state index contributed by atoms with van der Waals surface area (Å²) in [7, 11) is 6.06. The van der Waals surface area contributed by atoms with Gasteiger partial charge in [-0.3, -0.25) is 4.90 Å². The average Bonchev–Trinajstić information content (AvgIpc) is 3.23. The van der Waals surface area contributed by atoms with E-state index >= 15 is 0 Å². The van der Waals surface area contributed by atoms with Crippen LogP contribution in [0.15, 0.2) is 47.4 Å². The molecule has 8 N–H and O–H groups in total. The molecule has 0 aliphatic carbocycles. The maximum absolute atomic E-state index is 14.9. The highest BCUT2D eigenvalue weighted by Gasteiger charge is 2.36. The number of aromatic nitrogens is 1. The number of benzene rings is 2. The van der Waals surface area contributed by atoms with Crippen molar-refractivity contribution in [2.75, 3.05) is 30.3 Å². The summed E-state index contributed by atoms with van der Waals surface area (Å²) in [5, 5.41) is 49.1. The second-order valence-electron chi connectivity index (χ2n) is 10.3. The van der Waals surface area contributed by atoms with E-state index in [2.05, 4.69) is 22.5 Å². The van der Waals surface area contributed by atoms with Gasteiger partial charge in [-0.1, -0.05) is 12.0 Å². The Morgan fingerprint density at radius 3 is 2.40 bits per heavy atom. The van der Waals surface area contributed by atoms with Gasteiger partial charge in [-0.25, -0.2) is 17.9 Å². The van der Waals surface area contributed by atoms with Crippen LogP contribution in [0.1, 0.15) is 12.1 Å². The van der Waals surface area contributed by atoms with Crippen LogP contribution in [0.5, 0.6) is 5.75 Å². The Kier molecular flexibility index (Phi) is 9.71. The summed E-state index contributed by atoms with van der Waals surface area (Å²) in [4.78, 5) is 0.514. The van der Waals surface area contributed by atoms with Crippen molar-refractivity contribution in [2.45, 2.75) is 47.9 Å². The zero-order valence-electron chi connectivity index (χ0n) is 23.3. The number of rotatable bonds is 9. The van der Waals surface area contributed by atoms with E-state index in [0.29, 0.717) is 11.1 Å². The van der Waals surface area contributed by atoms with Gasteiger partial charge in [-0.2, -0.15) is 13.2 Å². The molecule has 1 fully saturated rings. The van der Waals surface area contributed by atoms with Gasteiger partial charge in [0.15, 0.2) is 13.7 Å². The number of anilines is 2. The molecule has 0 bridgehead atoms. The van der Waals surface area contributed by atoms with Crippen LogP contribution < -0.4 is 20.5 Å². The molecule has 4 radical (unpaired) electrons. The van der Waals surface area contributed by atoms with Crippen molar-refractivity contribution in [2.24, 2.45) is 5.14 Å². The Morgan fingerprint density at radius 2 is 1.80 bits per heavy atom. The fraction of sp³-hybridized carbons (Fsp3) is 0.385. The van der Waals surface area contributed by atoms with Crippen molar-refractivity contribution >= 4 is 48.0 Å². The normalized spacial score (nSPS) is 18.3. The van der Waals surface area contributed by atoms with Crippen molar-refractivity contribution in [3.63, 3.8) is 0 Å². The van der Waals surface area contributed by atoms with Crippen LogP contribution in [0, 0.1) is 11.8 Å².